The van der Waals surface area contributed by atoms with E-state index >= 15 is 0 Å². The van der Waals surface area contributed by atoms with Gasteiger partial charge in [0.1, 0.15) is 73.2 Å². The SMILES string of the molecule is CCCCCCC/C=C\C/C=C\CCCCCCCCCCCCCC(=O)NC(COC1OC(CO)C(OC2OC(CO)C(OC3OC(CO)C(O)C(O)C3O)C(O)C2O)C(O)C1O)C(O)/C=C/CCCCCCCCCCCCCC. The van der Waals surface area contributed by atoms with Crippen LogP contribution in [-0.4, -0.2) is 193 Å². The van der Waals surface area contributed by atoms with Crippen LogP contribution in [0.15, 0.2) is 36.5 Å². The molecule has 17 unspecified atom stereocenters. The molecule has 480 valence electrons. The Bertz CT molecular complexity index is 1640. The molecule has 0 aromatic carbocycles. The molecule has 0 radical (unpaired) electrons. The summed E-state index contributed by atoms with van der Waals surface area (Å²) in [5, 5.41) is 120. The van der Waals surface area contributed by atoms with E-state index in [0.29, 0.717) is 6.42 Å². The van der Waals surface area contributed by atoms with E-state index in [4.69, 9.17) is 28.4 Å². The van der Waals surface area contributed by atoms with E-state index in [-0.39, 0.29) is 18.9 Å². The molecule has 0 bridgehead atoms. The monoisotopic (exact) mass is 1170 g/mol. The summed E-state index contributed by atoms with van der Waals surface area (Å²) in [5.74, 6) is -0.278. The summed E-state index contributed by atoms with van der Waals surface area (Å²) in [6.07, 6.45) is 24.0. The number of nitrogens with one attached hydrogen (secondary N) is 1. The van der Waals surface area contributed by atoms with Crippen molar-refractivity contribution in [3.8, 4) is 0 Å². The molecule has 82 heavy (non-hydrogen) atoms. The second-order valence-electron chi connectivity index (χ2n) is 23.2. The van der Waals surface area contributed by atoms with E-state index in [1.165, 1.54) is 141 Å². The van der Waals surface area contributed by atoms with Gasteiger partial charge in [-0.05, 0) is 51.4 Å². The first-order valence-electron chi connectivity index (χ1n) is 32.2. The minimum Gasteiger partial charge on any atom is -0.394 e. The van der Waals surface area contributed by atoms with Crippen LogP contribution in [0.25, 0.3) is 0 Å². The highest BCUT2D eigenvalue weighted by Gasteiger charge is 2.53. The smallest absolute Gasteiger partial charge is 0.220 e. The van der Waals surface area contributed by atoms with Crippen LogP contribution in [0.2, 0.25) is 0 Å². The maximum atomic E-state index is 13.4. The van der Waals surface area contributed by atoms with Crippen molar-refractivity contribution >= 4 is 5.91 Å². The molecule has 3 rings (SSSR count). The van der Waals surface area contributed by atoms with Crippen molar-refractivity contribution in [2.75, 3.05) is 26.4 Å². The lowest BCUT2D eigenvalue weighted by atomic mass is 9.96. The van der Waals surface area contributed by atoms with Crippen molar-refractivity contribution in [1.82, 2.24) is 5.32 Å². The molecule has 12 N–H and O–H groups in total. The normalized spacial score (nSPS) is 29.8. The number of aliphatic hydroxyl groups is 11. The Kier molecular flexibility index (Phi) is 41.8. The predicted octanol–water partition coefficient (Wildman–Crippen LogP) is 6.88. The molecule has 3 aliphatic rings. The Morgan fingerprint density at radius 3 is 1.24 bits per heavy atom. The van der Waals surface area contributed by atoms with E-state index in [1.807, 2.05) is 6.08 Å². The third kappa shape index (κ3) is 29.1. The van der Waals surface area contributed by atoms with E-state index in [0.717, 1.165) is 57.8 Å². The molecule has 3 saturated heterocycles. The molecular weight excluding hydrogens is 1060 g/mol. The van der Waals surface area contributed by atoms with Crippen LogP contribution in [-0.2, 0) is 33.2 Å². The second-order valence-corrected chi connectivity index (χ2v) is 23.2. The number of unbranched alkanes of at least 4 members (excludes halogenated alkanes) is 28. The van der Waals surface area contributed by atoms with Gasteiger partial charge in [0.25, 0.3) is 0 Å². The minimum absolute atomic E-state index is 0.241. The quantitative estimate of drug-likeness (QED) is 0.0218. The summed E-state index contributed by atoms with van der Waals surface area (Å²) < 4.78 is 34.3. The zero-order valence-corrected chi connectivity index (χ0v) is 50.2. The van der Waals surface area contributed by atoms with E-state index in [9.17, 15) is 61.0 Å². The first kappa shape index (κ1) is 74.3. The summed E-state index contributed by atoms with van der Waals surface area (Å²) in [4.78, 5) is 13.4. The fourth-order valence-electron chi connectivity index (χ4n) is 10.9. The number of allylic oxidation sites excluding steroid dienone is 5. The zero-order chi connectivity index (χ0) is 59.7. The summed E-state index contributed by atoms with van der Waals surface area (Å²) in [6, 6.07) is -0.973. The van der Waals surface area contributed by atoms with Gasteiger partial charge in [0.05, 0.1) is 38.6 Å². The molecule has 1 amide bonds. The van der Waals surface area contributed by atoms with Gasteiger partial charge in [0, 0.05) is 6.42 Å². The van der Waals surface area contributed by atoms with Crippen molar-refractivity contribution < 1.29 is 89.4 Å². The average Bonchev–Trinajstić information content (AvgIpc) is 3.14. The topological polar surface area (TPSA) is 307 Å². The van der Waals surface area contributed by atoms with Crippen LogP contribution in [0.1, 0.15) is 226 Å². The maximum Gasteiger partial charge on any atom is 0.220 e. The van der Waals surface area contributed by atoms with Crippen molar-refractivity contribution in [3.05, 3.63) is 36.5 Å². The molecule has 3 aliphatic heterocycles. The lowest BCUT2D eigenvalue weighted by Gasteiger charge is -2.48. The summed E-state index contributed by atoms with van der Waals surface area (Å²) in [5.41, 5.74) is 0. The number of aliphatic hydroxyl groups excluding tert-OH is 11. The number of ether oxygens (including phenoxy) is 6. The first-order valence-corrected chi connectivity index (χ1v) is 32.2. The average molecular weight is 1170 g/mol. The number of hydrogen-bond acceptors (Lipinski definition) is 18. The third-order valence-electron chi connectivity index (χ3n) is 16.2. The van der Waals surface area contributed by atoms with Gasteiger partial charge in [-0.25, -0.2) is 0 Å². The molecule has 0 aromatic rings. The predicted molar refractivity (Wildman–Crippen MR) is 314 cm³/mol. The fourth-order valence-corrected chi connectivity index (χ4v) is 10.9. The molecule has 0 spiro atoms. The van der Waals surface area contributed by atoms with Gasteiger partial charge >= 0.3 is 0 Å². The molecular formula is C63H115NO18. The third-order valence-corrected chi connectivity index (χ3v) is 16.2. The van der Waals surface area contributed by atoms with E-state index in [2.05, 4.69) is 43.5 Å². The van der Waals surface area contributed by atoms with Crippen LogP contribution in [0.3, 0.4) is 0 Å². The number of carbonyl (C=O) groups is 1. The van der Waals surface area contributed by atoms with Crippen LogP contribution in [0, 0.1) is 0 Å². The molecule has 17 atom stereocenters. The van der Waals surface area contributed by atoms with Gasteiger partial charge in [-0.3, -0.25) is 4.79 Å². The Morgan fingerprint density at radius 1 is 0.439 bits per heavy atom. The molecule has 19 nitrogen and oxygen atoms in total. The van der Waals surface area contributed by atoms with Gasteiger partial charge in [0.2, 0.25) is 5.91 Å². The van der Waals surface area contributed by atoms with E-state index < -0.39 is 124 Å². The highest BCUT2D eigenvalue weighted by Crippen LogP contribution is 2.33. The summed E-state index contributed by atoms with van der Waals surface area (Å²) in [6.45, 7) is 1.71. The van der Waals surface area contributed by atoms with Crippen LogP contribution >= 0.6 is 0 Å². The van der Waals surface area contributed by atoms with Gasteiger partial charge in [-0.1, -0.05) is 204 Å². The minimum atomic E-state index is -1.98. The maximum absolute atomic E-state index is 13.4. The Morgan fingerprint density at radius 2 is 0.805 bits per heavy atom. The number of amides is 1. The lowest BCUT2D eigenvalue weighted by Crippen LogP contribution is -2.66. The van der Waals surface area contributed by atoms with E-state index in [1.54, 1.807) is 6.08 Å². The van der Waals surface area contributed by atoms with Crippen LogP contribution < -0.4 is 5.32 Å². The molecule has 19 heteroatoms. The Balaban J connectivity index is 1.46. The first-order chi connectivity index (χ1) is 39.8. The van der Waals surface area contributed by atoms with Crippen molar-refractivity contribution in [1.29, 1.82) is 0 Å². The van der Waals surface area contributed by atoms with Gasteiger partial charge in [-0.2, -0.15) is 0 Å². The standard InChI is InChI=1S/C63H115NO18/c1-3-5-7-9-11-13-15-17-19-20-21-22-23-24-25-26-27-29-31-33-35-37-39-41-51(69)64-46(47(68)40-38-36-34-32-30-28-18-16-14-12-10-8-6-4-2)45-77-61-57(75)54(72)59(49(43-66)79-61)82-63-58(76)55(73)60(50(44-67)80-63)81-62-56(74)53(71)52(70)48(42-65)78-62/h15,17,20-21,38,40,46-50,52-63,65-68,70-76H,3-14,16,18-19,22-37,39,41-45H2,1-2H3,(H,64,69)/b17-15-,21-20-,40-38+. The number of carbonyl (C=O) groups excluding carboxylic acids is 1. The van der Waals surface area contributed by atoms with Crippen molar-refractivity contribution in [2.24, 2.45) is 0 Å². The highest BCUT2D eigenvalue weighted by molar-refractivity contribution is 5.76. The summed E-state index contributed by atoms with van der Waals surface area (Å²) in [7, 11) is 0. The van der Waals surface area contributed by atoms with Gasteiger partial charge in [-0.15, -0.1) is 0 Å². The Labute approximate surface area is 491 Å². The van der Waals surface area contributed by atoms with Crippen LogP contribution in [0.5, 0.6) is 0 Å². The lowest BCUT2D eigenvalue weighted by molar-refractivity contribution is -0.379. The Hall–Kier alpha value is -1.99. The second kappa shape index (κ2) is 46.2. The number of hydrogen-bond donors (Lipinski definition) is 12. The highest BCUT2D eigenvalue weighted by atomic mass is 16.8. The van der Waals surface area contributed by atoms with Crippen LogP contribution in [0.4, 0.5) is 0 Å². The number of rotatable bonds is 48. The molecule has 3 heterocycles. The van der Waals surface area contributed by atoms with Gasteiger partial charge < -0.3 is 89.9 Å². The molecule has 0 aliphatic carbocycles. The molecule has 3 fully saturated rings. The zero-order valence-electron chi connectivity index (χ0n) is 50.2. The molecule has 0 aromatic heterocycles. The van der Waals surface area contributed by atoms with Crippen molar-refractivity contribution in [2.45, 2.75) is 330 Å². The summed E-state index contributed by atoms with van der Waals surface area (Å²) >= 11 is 0. The largest absolute Gasteiger partial charge is 0.394 e. The van der Waals surface area contributed by atoms with Crippen molar-refractivity contribution in [3.63, 3.8) is 0 Å². The molecule has 0 saturated carbocycles. The fraction of sp³-hybridized carbons (Fsp3) is 0.889. The van der Waals surface area contributed by atoms with Gasteiger partial charge in [0.15, 0.2) is 18.9 Å².